The molecule has 0 bridgehead atoms. The van der Waals surface area contributed by atoms with Crippen LogP contribution < -0.4 is 0 Å². The molecular weight excluding hydrogens is 617 g/mol. The first-order valence-electron chi connectivity index (χ1n) is 17.6. The normalized spacial score (nSPS) is 11.9. The highest BCUT2D eigenvalue weighted by Gasteiger charge is 2.21. The Hall–Kier alpha value is -6.70. The summed E-state index contributed by atoms with van der Waals surface area (Å²) in [5, 5.41) is 12.3. The van der Waals surface area contributed by atoms with E-state index < -0.39 is 0 Å². The van der Waals surface area contributed by atoms with E-state index in [4.69, 9.17) is 4.42 Å². The topological polar surface area (TPSA) is 13.1 Å². The van der Waals surface area contributed by atoms with Crippen molar-refractivity contribution in [2.24, 2.45) is 0 Å². The summed E-state index contributed by atoms with van der Waals surface area (Å²) >= 11 is 0. The summed E-state index contributed by atoms with van der Waals surface area (Å²) in [6.45, 7) is 0. The molecule has 1 aromatic heterocycles. The molecule has 236 valence electrons. The molecule has 0 amide bonds. The smallest absolute Gasteiger partial charge is 0.136 e. The van der Waals surface area contributed by atoms with E-state index >= 15 is 0 Å². The van der Waals surface area contributed by atoms with Gasteiger partial charge in [-0.2, -0.15) is 0 Å². The Labute approximate surface area is 295 Å². The summed E-state index contributed by atoms with van der Waals surface area (Å²) < 4.78 is 6.36. The molecule has 0 aliphatic heterocycles. The Morgan fingerprint density at radius 2 is 0.824 bits per heavy atom. The molecule has 0 aliphatic rings. The number of furan rings is 1. The van der Waals surface area contributed by atoms with Crippen molar-refractivity contribution in [2.75, 3.05) is 0 Å². The van der Waals surface area contributed by atoms with Gasteiger partial charge in [0.05, 0.1) is 0 Å². The summed E-state index contributed by atoms with van der Waals surface area (Å²) in [4.78, 5) is 0. The van der Waals surface area contributed by atoms with Crippen LogP contribution in [0.4, 0.5) is 0 Å². The largest absolute Gasteiger partial charge is 0.456 e. The highest BCUT2D eigenvalue weighted by atomic mass is 16.3. The van der Waals surface area contributed by atoms with E-state index in [0.29, 0.717) is 0 Å². The van der Waals surface area contributed by atoms with Crippen molar-refractivity contribution in [2.45, 2.75) is 0 Å². The molecule has 0 radical (unpaired) electrons. The van der Waals surface area contributed by atoms with Gasteiger partial charge in [-0.1, -0.05) is 152 Å². The predicted octanol–water partition coefficient (Wildman–Crippen LogP) is 14.3. The second-order valence-corrected chi connectivity index (χ2v) is 13.6. The molecule has 11 rings (SSSR count). The van der Waals surface area contributed by atoms with Crippen molar-refractivity contribution in [1.82, 2.24) is 0 Å². The summed E-state index contributed by atoms with van der Waals surface area (Å²) in [6.07, 6.45) is 0. The Morgan fingerprint density at radius 3 is 1.57 bits per heavy atom. The highest BCUT2D eigenvalue weighted by Crippen LogP contribution is 2.48. The highest BCUT2D eigenvalue weighted by molar-refractivity contribution is 6.29. The fourth-order valence-corrected chi connectivity index (χ4v) is 8.56. The van der Waals surface area contributed by atoms with Crippen LogP contribution in [-0.4, -0.2) is 0 Å². The Bertz CT molecular complexity index is 3070. The van der Waals surface area contributed by atoms with Crippen LogP contribution in [0.3, 0.4) is 0 Å². The lowest BCUT2D eigenvalue weighted by Gasteiger charge is -2.20. The van der Waals surface area contributed by atoms with Crippen LogP contribution in [0.15, 0.2) is 186 Å². The first kappa shape index (κ1) is 28.2. The molecule has 1 heteroatoms. The number of hydrogen-bond donors (Lipinski definition) is 0. The fourth-order valence-electron chi connectivity index (χ4n) is 8.56. The van der Waals surface area contributed by atoms with Crippen molar-refractivity contribution < 1.29 is 4.42 Å². The zero-order valence-corrected chi connectivity index (χ0v) is 27.7. The monoisotopic (exact) mass is 646 g/mol. The maximum absolute atomic E-state index is 6.36. The standard InChI is InChI=1S/C50H30O/c1-2-11-31(12-3-1)33-14-8-15-34(29-33)35-24-25-37-36(30-35)16-9-21-38(37)48-39-17-4-6-19-41(39)49(42-20-7-5-18-40(42)48)43-27-28-46-50-44(43)26-23-32-13-10-22-45(51-46)47(32)50/h1-30H. The van der Waals surface area contributed by atoms with E-state index in [0.717, 1.165) is 11.2 Å². The van der Waals surface area contributed by atoms with Gasteiger partial charge in [0.25, 0.3) is 0 Å². The summed E-state index contributed by atoms with van der Waals surface area (Å²) in [5.41, 5.74) is 11.8. The van der Waals surface area contributed by atoms with Gasteiger partial charge >= 0.3 is 0 Å². The van der Waals surface area contributed by atoms with Crippen molar-refractivity contribution in [1.29, 1.82) is 0 Å². The van der Waals surface area contributed by atoms with E-state index in [2.05, 4.69) is 182 Å². The van der Waals surface area contributed by atoms with Gasteiger partial charge in [0.2, 0.25) is 0 Å². The number of benzene rings is 10. The minimum absolute atomic E-state index is 0.938. The van der Waals surface area contributed by atoms with Crippen LogP contribution in [0.1, 0.15) is 0 Å². The number of hydrogen-bond acceptors (Lipinski definition) is 1. The molecule has 0 fully saturated rings. The molecule has 1 heterocycles. The van der Waals surface area contributed by atoms with Gasteiger partial charge in [0, 0.05) is 10.8 Å². The predicted molar refractivity (Wildman–Crippen MR) is 217 cm³/mol. The summed E-state index contributed by atoms with van der Waals surface area (Å²) in [7, 11) is 0. The van der Waals surface area contributed by atoms with Crippen molar-refractivity contribution in [3.05, 3.63) is 182 Å². The maximum atomic E-state index is 6.36. The summed E-state index contributed by atoms with van der Waals surface area (Å²) in [6, 6.07) is 66.3. The third kappa shape index (κ3) is 4.22. The molecule has 11 aromatic rings. The third-order valence-electron chi connectivity index (χ3n) is 10.8. The van der Waals surface area contributed by atoms with Crippen molar-refractivity contribution in [3.63, 3.8) is 0 Å². The third-order valence-corrected chi connectivity index (χ3v) is 10.8. The molecule has 1 nitrogen and oxygen atoms in total. The fraction of sp³-hybridized carbons (Fsp3) is 0. The molecule has 0 saturated heterocycles. The van der Waals surface area contributed by atoms with E-state index in [1.165, 1.54) is 98.4 Å². The Balaban J connectivity index is 1.14. The van der Waals surface area contributed by atoms with Crippen LogP contribution >= 0.6 is 0 Å². The minimum atomic E-state index is 0.938. The van der Waals surface area contributed by atoms with Crippen LogP contribution in [0.5, 0.6) is 0 Å². The zero-order chi connectivity index (χ0) is 33.5. The van der Waals surface area contributed by atoms with E-state index in [1.807, 2.05) is 0 Å². The summed E-state index contributed by atoms with van der Waals surface area (Å²) in [5.74, 6) is 0. The minimum Gasteiger partial charge on any atom is -0.456 e. The molecule has 0 atom stereocenters. The van der Waals surface area contributed by atoms with Crippen LogP contribution in [0.25, 0.3) is 110 Å². The zero-order valence-electron chi connectivity index (χ0n) is 27.7. The van der Waals surface area contributed by atoms with Gasteiger partial charge < -0.3 is 4.42 Å². The van der Waals surface area contributed by atoms with Crippen LogP contribution in [0.2, 0.25) is 0 Å². The van der Waals surface area contributed by atoms with Crippen molar-refractivity contribution >= 4 is 65.0 Å². The second kappa shape index (κ2) is 10.9. The van der Waals surface area contributed by atoms with Crippen molar-refractivity contribution in [3.8, 4) is 44.5 Å². The molecular formula is C50H30O. The van der Waals surface area contributed by atoms with E-state index in [-0.39, 0.29) is 0 Å². The van der Waals surface area contributed by atoms with Gasteiger partial charge in [-0.25, -0.2) is 0 Å². The maximum Gasteiger partial charge on any atom is 0.136 e. The van der Waals surface area contributed by atoms with E-state index in [1.54, 1.807) is 0 Å². The average Bonchev–Trinajstić information content (AvgIpc) is 3.59. The second-order valence-electron chi connectivity index (χ2n) is 13.6. The molecule has 10 aromatic carbocycles. The van der Waals surface area contributed by atoms with Crippen LogP contribution in [-0.2, 0) is 0 Å². The van der Waals surface area contributed by atoms with Gasteiger partial charge in [-0.15, -0.1) is 0 Å². The molecule has 0 saturated carbocycles. The van der Waals surface area contributed by atoms with Gasteiger partial charge in [0.15, 0.2) is 0 Å². The first-order chi connectivity index (χ1) is 25.3. The Morgan fingerprint density at radius 1 is 0.275 bits per heavy atom. The lowest BCUT2D eigenvalue weighted by molar-refractivity contribution is 0.669. The number of rotatable bonds is 4. The molecule has 0 N–H and O–H groups in total. The molecule has 0 aliphatic carbocycles. The molecule has 0 spiro atoms. The quantitative estimate of drug-likeness (QED) is 0.137. The van der Waals surface area contributed by atoms with Crippen LogP contribution in [0, 0.1) is 0 Å². The number of fused-ring (bicyclic) bond motifs is 3. The van der Waals surface area contributed by atoms with Gasteiger partial charge in [-0.3, -0.25) is 0 Å². The van der Waals surface area contributed by atoms with E-state index in [9.17, 15) is 0 Å². The average molecular weight is 647 g/mol. The molecule has 51 heavy (non-hydrogen) atoms. The SMILES string of the molecule is c1ccc(-c2cccc(-c3ccc4c(-c5c6ccccc6c(-c6ccc7oc8cccc9ccc6c7c98)c6ccccc56)cccc4c3)c2)cc1. The lowest BCUT2D eigenvalue weighted by Crippen LogP contribution is -1.92. The Kier molecular flexibility index (Phi) is 6.02. The molecule has 0 unspecified atom stereocenters. The van der Waals surface area contributed by atoms with Gasteiger partial charge in [-0.05, 0) is 118 Å². The van der Waals surface area contributed by atoms with Gasteiger partial charge in [0.1, 0.15) is 11.2 Å². The lowest BCUT2D eigenvalue weighted by atomic mass is 9.83. The first-order valence-corrected chi connectivity index (χ1v) is 17.6.